The monoisotopic (exact) mass is 401 g/mol. The van der Waals surface area contributed by atoms with E-state index in [-0.39, 0.29) is 24.5 Å². The van der Waals surface area contributed by atoms with Crippen LogP contribution in [0.5, 0.6) is 0 Å². The van der Waals surface area contributed by atoms with Crippen molar-refractivity contribution < 1.29 is 18.8 Å². The van der Waals surface area contributed by atoms with Crippen molar-refractivity contribution in [2.45, 2.75) is 39.7 Å². The van der Waals surface area contributed by atoms with Crippen LogP contribution in [0.4, 0.5) is 0 Å². The van der Waals surface area contributed by atoms with Crippen LogP contribution in [0.3, 0.4) is 0 Å². The second-order valence-electron chi connectivity index (χ2n) is 6.94. The van der Waals surface area contributed by atoms with Gasteiger partial charge in [0.15, 0.2) is 12.4 Å². The van der Waals surface area contributed by atoms with Gasteiger partial charge in [0.1, 0.15) is 10.6 Å². The molecule has 0 bridgehead atoms. The lowest BCUT2D eigenvalue weighted by Gasteiger charge is -2.23. The number of thiazole rings is 1. The van der Waals surface area contributed by atoms with E-state index in [0.717, 1.165) is 15.2 Å². The number of carbonyl (C=O) groups is 2. The maximum absolute atomic E-state index is 12.5. The lowest BCUT2D eigenvalue weighted by atomic mass is 10.1. The third-order valence-electron chi connectivity index (χ3n) is 4.59. The minimum Gasteiger partial charge on any atom is -0.452 e. The average molecular weight is 401 g/mol. The number of aromatic nitrogens is 2. The van der Waals surface area contributed by atoms with Crippen molar-refractivity contribution in [3.05, 3.63) is 46.3 Å². The largest absolute Gasteiger partial charge is 0.452 e. The molecule has 0 aliphatic rings. The SMILES string of the molecule is Cc1noc(C(C)C)c1C(=O)OCC(=O)N(C)[C@H](C)c1nc2ccccc2s1. The Labute approximate surface area is 167 Å². The Balaban J connectivity index is 1.65. The molecule has 1 aromatic carbocycles. The smallest absolute Gasteiger partial charge is 0.344 e. The second-order valence-corrected chi connectivity index (χ2v) is 8.00. The standard InChI is InChI=1S/C20H23N3O4S/c1-11(2)18-17(12(3)22-27-18)20(25)26-10-16(24)23(5)13(4)19-21-14-8-6-7-9-15(14)28-19/h6-9,11,13H,10H2,1-5H3/t13-/m1/s1. The molecule has 1 amide bonds. The molecule has 2 aromatic heterocycles. The van der Waals surface area contributed by atoms with Crippen LogP contribution in [-0.4, -0.2) is 40.6 Å². The van der Waals surface area contributed by atoms with E-state index in [1.165, 1.54) is 4.90 Å². The van der Waals surface area contributed by atoms with Crippen LogP contribution < -0.4 is 0 Å². The molecule has 0 radical (unpaired) electrons. The molecule has 0 saturated carbocycles. The van der Waals surface area contributed by atoms with Crippen molar-refractivity contribution in [1.29, 1.82) is 0 Å². The lowest BCUT2D eigenvalue weighted by Crippen LogP contribution is -2.33. The van der Waals surface area contributed by atoms with Crippen molar-refractivity contribution >= 4 is 33.4 Å². The van der Waals surface area contributed by atoms with Gasteiger partial charge in [-0.1, -0.05) is 31.1 Å². The zero-order chi connectivity index (χ0) is 20.4. The van der Waals surface area contributed by atoms with E-state index in [1.807, 2.05) is 45.0 Å². The summed E-state index contributed by atoms with van der Waals surface area (Å²) in [4.78, 5) is 31.1. The number of nitrogens with zero attached hydrogens (tertiary/aromatic N) is 3. The molecule has 0 N–H and O–H groups in total. The Morgan fingerprint density at radius 1 is 1.25 bits per heavy atom. The molecule has 0 aliphatic heterocycles. The van der Waals surface area contributed by atoms with Crippen molar-refractivity contribution in [2.75, 3.05) is 13.7 Å². The number of hydrogen-bond acceptors (Lipinski definition) is 7. The van der Waals surface area contributed by atoms with E-state index in [1.54, 1.807) is 25.3 Å². The van der Waals surface area contributed by atoms with Crippen LogP contribution >= 0.6 is 11.3 Å². The molecule has 3 aromatic rings. The first-order valence-electron chi connectivity index (χ1n) is 9.04. The molecule has 3 rings (SSSR count). The van der Waals surface area contributed by atoms with Gasteiger partial charge in [-0.25, -0.2) is 9.78 Å². The van der Waals surface area contributed by atoms with Gasteiger partial charge in [-0.2, -0.15) is 0 Å². The fourth-order valence-electron chi connectivity index (χ4n) is 2.78. The van der Waals surface area contributed by atoms with E-state index in [9.17, 15) is 9.59 Å². The Kier molecular flexibility index (Phi) is 5.79. The number of likely N-dealkylation sites (N-methyl/N-ethyl adjacent to an activating group) is 1. The van der Waals surface area contributed by atoms with Gasteiger partial charge in [-0.05, 0) is 26.0 Å². The van der Waals surface area contributed by atoms with Gasteiger partial charge >= 0.3 is 5.97 Å². The number of fused-ring (bicyclic) bond motifs is 1. The molecule has 148 valence electrons. The van der Waals surface area contributed by atoms with Crippen molar-refractivity contribution in [1.82, 2.24) is 15.0 Å². The highest BCUT2D eigenvalue weighted by atomic mass is 32.1. The summed E-state index contributed by atoms with van der Waals surface area (Å²) in [7, 11) is 1.68. The van der Waals surface area contributed by atoms with Crippen LogP contribution in [-0.2, 0) is 9.53 Å². The molecule has 28 heavy (non-hydrogen) atoms. The number of hydrogen-bond donors (Lipinski definition) is 0. The number of amides is 1. The van der Waals surface area contributed by atoms with E-state index >= 15 is 0 Å². The van der Waals surface area contributed by atoms with E-state index < -0.39 is 5.97 Å². The van der Waals surface area contributed by atoms with Gasteiger partial charge in [0.25, 0.3) is 5.91 Å². The summed E-state index contributed by atoms with van der Waals surface area (Å²) in [5, 5.41) is 4.67. The maximum atomic E-state index is 12.5. The topological polar surface area (TPSA) is 85.5 Å². The van der Waals surface area contributed by atoms with Crippen LogP contribution in [0.2, 0.25) is 0 Å². The normalized spacial score (nSPS) is 12.4. The number of rotatable bonds is 6. The van der Waals surface area contributed by atoms with Gasteiger partial charge in [-0.15, -0.1) is 11.3 Å². The quantitative estimate of drug-likeness (QED) is 0.578. The highest BCUT2D eigenvalue weighted by Crippen LogP contribution is 2.29. The number of ether oxygens (including phenoxy) is 1. The fourth-order valence-corrected chi connectivity index (χ4v) is 3.84. The van der Waals surface area contributed by atoms with Gasteiger partial charge in [-0.3, -0.25) is 4.79 Å². The minimum absolute atomic E-state index is 0.0128. The van der Waals surface area contributed by atoms with Crippen LogP contribution in [0.1, 0.15) is 59.6 Å². The van der Waals surface area contributed by atoms with E-state index in [0.29, 0.717) is 17.0 Å². The zero-order valence-corrected chi connectivity index (χ0v) is 17.4. The van der Waals surface area contributed by atoms with Crippen molar-refractivity contribution in [3.8, 4) is 0 Å². The number of benzene rings is 1. The fraction of sp³-hybridized carbons (Fsp3) is 0.400. The Bertz CT molecular complexity index is 975. The van der Waals surface area contributed by atoms with Crippen molar-refractivity contribution in [3.63, 3.8) is 0 Å². The summed E-state index contributed by atoms with van der Waals surface area (Å²) in [6.45, 7) is 7.02. The Morgan fingerprint density at radius 3 is 2.64 bits per heavy atom. The first kappa shape index (κ1) is 20.0. The molecule has 1 atom stereocenters. The summed E-state index contributed by atoms with van der Waals surface area (Å²) in [6.07, 6.45) is 0. The molecule has 0 fully saturated rings. The summed E-state index contributed by atoms with van der Waals surface area (Å²) in [6, 6.07) is 7.61. The molecular weight excluding hydrogens is 378 g/mol. The third-order valence-corrected chi connectivity index (χ3v) is 5.79. The number of esters is 1. The summed E-state index contributed by atoms with van der Waals surface area (Å²) < 4.78 is 11.5. The second kappa shape index (κ2) is 8.10. The summed E-state index contributed by atoms with van der Waals surface area (Å²) in [5.74, 6) is -0.454. The van der Waals surface area contributed by atoms with Crippen LogP contribution in [0, 0.1) is 6.92 Å². The molecular formula is C20H23N3O4S. The van der Waals surface area contributed by atoms with Crippen LogP contribution in [0.15, 0.2) is 28.8 Å². The first-order valence-corrected chi connectivity index (χ1v) is 9.85. The van der Waals surface area contributed by atoms with E-state index in [4.69, 9.17) is 9.26 Å². The molecule has 0 saturated heterocycles. The summed E-state index contributed by atoms with van der Waals surface area (Å²) in [5.41, 5.74) is 1.66. The third kappa shape index (κ3) is 3.91. The van der Waals surface area contributed by atoms with Crippen LogP contribution in [0.25, 0.3) is 10.2 Å². The predicted octanol–water partition coefficient (Wildman–Crippen LogP) is 4.09. The average Bonchev–Trinajstić information content (AvgIpc) is 3.28. The molecule has 0 aliphatic carbocycles. The molecule has 0 unspecified atom stereocenters. The lowest BCUT2D eigenvalue weighted by molar-refractivity contribution is -0.135. The van der Waals surface area contributed by atoms with Gasteiger partial charge in [0, 0.05) is 13.0 Å². The molecule has 8 heteroatoms. The van der Waals surface area contributed by atoms with Gasteiger partial charge in [0.2, 0.25) is 0 Å². The number of aryl methyl sites for hydroxylation is 1. The highest BCUT2D eigenvalue weighted by molar-refractivity contribution is 7.18. The zero-order valence-electron chi connectivity index (χ0n) is 16.6. The Hall–Kier alpha value is -2.74. The maximum Gasteiger partial charge on any atom is 0.344 e. The predicted molar refractivity (Wildman–Crippen MR) is 106 cm³/mol. The van der Waals surface area contributed by atoms with Gasteiger partial charge < -0.3 is 14.2 Å². The van der Waals surface area contributed by atoms with Crippen molar-refractivity contribution in [2.24, 2.45) is 0 Å². The van der Waals surface area contributed by atoms with Gasteiger partial charge in [0.05, 0.1) is 22.0 Å². The molecule has 2 heterocycles. The highest BCUT2D eigenvalue weighted by Gasteiger charge is 2.26. The number of para-hydroxylation sites is 1. The molecule has 7 nitrogen and oxygen atoms in total. The first-order chi connectivity index (χ1) is 13.3. The molecule has 0 spiro atoms. The number of carbonyl (C=O) groups excluding carboxylic acids is 2. The summed E-state index contributed by atoms with van der Waals surface area (Å²) >= 11 is 1.55. The van der Waals surface area contributed by atoms with E-state index in [2.05, 4.69) is 10.1 Å². The Morgan fingerprint density at radius 2 is 1.96 bits per heavy atom. The minimum atomic E-state index is -0.600.